The molecule has 0 amide bonds. The molecule has 0 aliphatic heterocycles. The van der Waals surface area contributed by atoms with E-state index in [4.69, 9.17) is 15.2 Å². The van der Waals surface area contributed by atoms with Gasteiger partial charge in [0, 0.05) is 20.7 Å². The predicted octanol–water partition coefficient (Wildman–Crippen LogP) is 0.601. The highest BCUT2D eigenvalue weighted by molar-refractivity contribution is 5.30. The van der Waals surface area contributed by atoms with Crippen molar-refractivity contribution in [3.63, 3.8) is 0 Å². The van der Waals surface area contributed by atoms with E-state index >= 15 is 0 Å². The van der Waals surface area contributed by atoms with Gasteiger partial charge in [0.1, 0.15) is 6.10 Å². The van der Waals surface area contributed by atoms with Gasteiger partial charge in [-0.1, -0.05) is 0 Å². The van der Waals surface area contributed by atoms with Gasteiger partial charge in [-0.05, 0) is 13.8 Å². The summed E-state index contributed by atoms with van der Waals surface area (Å²) in [6.45, 7) is 4.87. The van der Waals surface area contributed by atoms with Crippen molar-refractivity contribution in [3.05, 3.63) is 11.3 Å². The first kappa shape index (κ1) is 12.0. The molecular weight excluding hydrogens is 194 g/mol. The Kier molecular flexibility index (Phi) is 4.11. The molecule has 0 aliphatic carbocycles. The van der Waals surface area contributed by atoms with Crippen LogP contribution in [0.1, 0.15) is 18.2 Å². The summed E-state index contributed by atoms with van der Waals surface area (Å²) < 4.78 is 12.4. The second kappa shape index (κ2) is 5.14. The Hall–Kier alpha value is -1.07. The summed E-state index contributed by atoms with van der Waals surface area (Å²) in [6, 6.07) is 0. The maximum absolute atomic E-state index is 5.72. The Balaban J connectivity index is 2.83. The van der Waals surface area contributed by atoms with E-state index in [1.807, 2.05) is 20.9 Å². The predicted molar refractivity (Wildman–Crippen MR) is 57.8 cm³/mol. The lowest BCUT2D eigenvalue weighted by Gasteiger charge is -2.14. The zero-order valence-electron chi connectivity index (χ0n) is 9.78. The summed E-state index contributed by atoms with van der Waals surface area (Å²) in [7, 11) is 3.50. The zero-order chi connectivity index (χ0) is 11.4. The van der Waals surface area contributed by atoms with Crippen LogP contribution in [0, 0.1) is 6.92 Å². The van der Waals surface area contributed by atoms with Crippen molar-refractivity contribution in [2.45, 2.75) is 26.5 Å². The highest BCUT2D eigenvalue weighted by Crippen LogP contribution is 2.21. The van der Waals surface area contributed by atoms with Crippen molar-refractivity contribution in [1.82, 2.24) is 9.78 Å². The largest absolute Gasteiger partial charge is 0.472 e. The molecule has 15 heavy (non-hydrogen) atoms. The van der Waals surface area contributed by atoms with Crippen LogP contribution in [0.3, 0.4) is 0 Å². The van der Waals surface area contributed by atoms with Crippen molar-refractivity contribution in [2.24, 2.45) is 12.8 Å². The molecule has 5 heteroatoms. The molecule has 5 nitrogen and oxygen atoms in total. The molecule has 0 bridgehead atoms. The molecule has 1 aromatic rings. The molecule has 1 aromatic heterocycles. The highest BCUT2D eigenvalue weighted by atomic mass is 16.5. The van der Waals surface area contributed by atoms with Crippen LogP contribution >= 0.6 is 0 Å². The fourth-order valence-electron chi connectivity index (χ4n) is 1.52. The monoisotopic (exact) mass is 213 g/mol. The minimum atomic E-state index is -0.00454. The van der Waals surface area contributed by atoms with E-state index < -0.39 is 0 Å². The number of aromatic nitrogens is 2. The van der Waals surface area contributed by atoms with E-state index in [1.165, 1.54) is 0 Å². The first-order chi connectivity index (χ1) is 7.10. The summed E-state index contributed by atoms with van der Waals surface area (Å²) >= 11 is 0. The van der Waals surface area contributed by atoms with E-state index in [-0.39, 0.29) is 6.10 Å². The maximum Gasteiger partial charge on any atom is 0.216 e. The number of hydrogen-bond donors (Lipinski definition) is 1. The van der Waals surface area contributed by atoms with Gasteiger partial charge >= 0.3 is 0 Å². The summed E-state index contributed by atoms with van der Waals surface area (Å²) in [5.41, 5.74) is 7.52. The summed E-state index contributed by atoms with van der Waals surface area (Å²) in [5.74, 6) is 0.736. The Labute approximate surface area is 90.2 Å². The number of hydrogen-bond acceptors (Lipinski definition) is 4. The quantitative estimate of drug-likeness (QED) is 0.778. The van der Waals surface area contributed by atoms with Crippen molar-refractivity contribution in [1.29, 1.82) is 0 Å². The standard InChI is InChI=1S/C10H19N3O2/c1-7(6-14-4)15-10-9(5-11)8(2)12-13(10)3/h7H,5-6,11H2,1-4H3. The molecule has 0 aliphatic rings. The smallest absolute Gasteiger partial charge is 0.216 e. The van der Waals surface area contributed by atoms with Gasteiger partial charge < -0.3 is 15.2 Å². The van der Waals surface area contributed by atoms with Crippen molar-refractivity contribution < 1.29 is 9.47 Å². The first-order valence-corrected chi connectivity index (χ1v) is 4.98. The third kappa shape index (κ3) is 2.70. The van der Waals surface area contributed by atoms with Crippen LogP contribution in [0.25, 0.3) is 0 Å². The zero-order valence-corrected chi connectivity index (χ0v) is 9.78. The van der Waals surface area contributed by atoms with E-state index in [0.717, 1.165) is 17.1 Å². The number of aryl methyl sites for hydroxylation is 2. The highest BCUT2D eigenvalue weighted by Gasteiger charge is 2.15. The molecule has 0 fully saturated rings. The molecule has 0 saturated heterocycles. The van der Waals surface area contributed by atoms with Crippen molar-refractivity contribution >= 4 is 0 Å². The topological polar surface area (TPSA) is 62.3 Å². The van der Waals surface area contributed by atoms with Gasteiger partial charge in [0.2, 0.25) is 5.88 Å². The van der Waals surface area contributed by atoms with Gasteiger partial charge in [0.05, 0.1) is 17.9 Å². The average Bonchev–Trinajstić information content (AvgIpc) is 2.42. The SMILES string of the molecule is COCC(C)Oc1c(CN)c(C)nn1C. The van der Waals surface area contributed by atoms with E-state index in [0.29, 0.717) is 13.2 Å². The van der Waals surface area contributed by atoms with Gasteiger partial charge in [0.15, 0.2) is 0 Å². The second-order valence-corrected chi connectivity index (χ2v) is 3.58. The summed E-state index contributed by atoms with van der Waals surface area (Å²) in [4.78, 5) is 0. The molecule has 1 heterocycles. The van der Waals surface area contributed by atoms with E-state index in [1.54, 1.807) is 11.8 Å². The third-order valence-corrected chi connectivity index (χ3v) is 2.21. The molecular formula is C10H19N3O2. The fraction of sp³-hybridized carbons (Fsp3) is 0.700. The minimum absolute atomic E-state index is 0.00454. The molecule has 0 radical (unpaired) electrons. The lowest BCUT2D eigenvalue weighted by molar-refractivity contribution is 0.0853. The average molecular weight is 213 g/mol. The van der Waals surface area contributed by atoms with Crippen LogP contribution in [0.5, 0.6) is 5.88 Å². The molecule has 0 saturated carbocycles. The summed E-state index contributed by atoms with van der Waals surface area (Å²) in [5, 5.41) is 4.27. The van der Waals surface area contributed by atoms with Gasteiger partial charge in [-0.25, -0.2) is 4.68 Å². The van der Waals surface area contributed by atoms with Crippen LogP contribution in [-0.2, 0) is 18.3 Å². The molecule has 1 atom stereocenters. The number of ether oxygens (including phenoxy) is 2. The van der Waals surface area contributed by atoms with E-state index in [2.05, 4.69) is 5.10 Å². The minimum Gasteiger partial charge on any atom is -0.472 e. The molecule has 86 valence electrons. The van der Waals surface area contributed by atoms with Gasteiger partial charge in [-0.15, -0.1) is 0 Å². The number of rotatable bonds is 5. The third-order valence-electron chi connectivity index (χ3n) is 2.21. The molecule has 0 spiro atoms. The van der Waals surface area contributed by atoms with Crippen LogP contribution in [0.4, 0.5) is 0 Å². The summed E-state index contributed by atoms with van der Waals surface area (Å²) in [6.07, 6.45) is -0.00454. The second-order valence-electron chi connectivity index (χ2n) is 3.58. The van der Waals surface area contributed by atoms with Gasteiger partial charge in [-0.3, -0.25) is 0 Å². The Morgan fingerprint density at radius 1 is 1.53 bits per heavy atom. The normalized spacial score (nSPS) is 12.9. The van der Waals surface area contributed by atoms with Crippen LogP contribution in [0.2, 0.25) is 0 Å². The van der Waals surface area contributed by atoms with Crippen LogP contribution in [-0.4, -0.2) is 29.6 Å². The van der Waals surface area contributed by atoms with Crippen molar-refractivity contribution in [2.75, 3.05) is 13.7 Å². The number of methoxy groups -OCH3 is 1. The number of nitrogens with zero attached hydrogens (tertiary/aromatic N) is 2. The Morgan fingerprint density at radius 2 is 2.20 bits per heavy atom. The molecule has 2 N–H and O–H groups in total. The fourth-order valence-corrected chi connectivity index (χ4v) is 1.52. The van der Waals surface area contributed by atoms with Crippen LogP contribution in [0.15, 0.2) is 0 Å². The lowest BCUT2D eigenvalue weighted by atomic mass is 10.2. The first-order valence-electron chi connectivity index (χ1n) is 4.98. The lowest BCUT2D eigenvalue weighted by Crippen LogP contribution is -2.20. The molecule has 1 unspecified atom stereocenters. The van der Waals surface area contributed by atoms with Crippen LogP contribution < -0.4 is 10.5 Å². The van der Waals surface area contributed by atoms with Gasteiger partial charge in [0.25, 0.3) is 0 Å². The van der Waals surface area contributed by atoms with Gasteiger partial charge in [-0.2, -0.15) is 5.10 Å². The molecule has 1 rings (SSSR count). The number of nitrogens with two attached hydrogens (primary N) is 1. The Morgan fingerprint density at radius 3 is 2.73 bits per heavy atom. The van der Waals surface area contributed by atoms with E-state index in [9.17, 15) is 0 Å². The Bertz CT molecular complexity index is 323. The maximum atomic E-state index is 5.72. The van der Waals surface area contributed by atoms with Crippen molar-refractivity contribution in [3.8, 4) is 5.88 Å². The molecule has 0 aromatic carbocycles.